The highest BCUT2D eigenvalue weighted by Crippen LogP contribution is 2.39. The first-order valence-electron chi connectivity index (χ1n) is 13.5. The molecule has 1 aliphatic heterocycles. The first kappa shape index (κ1) is 28.0. The van der Waals surface area contributed by atoms with Crippen LogP contribution in [0.3, 0.4) is 0 Å². The van der Waals surface area contributed by atoms with Crippen LogP contribution in [-0.4, -0.2) is 55.5 Å². The third-order valence-electron chi connectivity index (χ3n) is 7.47. The average Bonchev–Trinajstić information content (AvgIpc) is 3.32. The van der Waals surface area contributed by atoms with E-state index in [1.165, 1.54) is 22.3 Å². The molecule has 0 atom stereocenters. The molecule has 1 aliphatic rings. The number of aryl methyl sites for hydroxylation is 2. The molecule has 2 aromatic carbocycles. The number of carbonyl (C=O) groups excluding carboxylic acids is 1. The molecule has 1 N–H and O–H groups in total. The maximum Gasteiger partial charge on any atom is 0.274 e. The Morgan fingerprint density at radius 3 is 2.55 bits per heavy atom. The molecule has 204 valence electrons. The lowest BCUT2D eigenvalue weighted by molar-refractivity contribution is 0.0947. The molecule has 1 amide bonds. The monoisotopic (exact) mass is 537 g/mol. The summed E-state index contributed by atoms with van der Waals surface area (Å²) >= 11 is 0. The number of sulfone groups is 1. The van der Waals surface area contributed by atoms with Gasteiger partial charge in [-0.1, -0.05) is 50.2 Å². The Bertz CT molecular complexity index is 1440. The number of aromatic nitrogens is 1. The van der Waals surface area contributed by atoms with Gasteiger partial charge in [-0.15, -0.1) is 0 Å². The molecule has 2 heterocycles. The third kappa shape index (κ3) is 5.86. The molecule has 3 aromatic rings. The van der Waals surface area contributed by atoms with Crippen LogP contribution in [0.1, 0.15) is 71.9 Å². The largest absolute Gasteiger partial charge is 0.355 e. The fraction of sp³-hybridized carbons (Fsp3) is 0.467. The predicted octanol–water partition coefficient (Wildman–Crippen LogP) is 5.29. The van der Waals surface area contributed by atoms with Crippen LogP contribution in [0.5, 0.6) is 0 Å². The highest BCUT2D eigenvalue weighted by atomic mass is 32.2. The SMILES string of the molecule is CCNC(=O)c1noc(-c2cc(C(C)C)c(C)cc2C)c1-c1ccc2c(c1)CCN(CCS(=O)(=O)CC)C2. The number of benzene rings is 2. The standard InChI is InChI=1S/C30H39N3O4S/c1-7-31-30(34)28-27(29(37-32-28)26-17-25(19(3)4)20(5)15-21(26)6)23-9-10-24-18-33(12-11-22(24)16-23)13-14-38(35,36)8-2/h9-10,15-17,19H,7-8,11-14,18H2,1-6H3,(H,31,34). The number of hydrogen-bond donors (Lipinski definition) is 1. The summed E-state index contributed by atoms with van der Waals surface area (Å²) in [6, 6.07) is 10.6. The number of carbonyl (C=O) groups is 1. The summed E-state index contributed by atoms with van der Waals surface area (Å²) in [4.78, 5) is 15.2. The van der Waals surface area contributed by atoms with Crippen molar-refractivity contribution in [3.63, 3.8) is 0 Å². The molecule has 0 unspecified atom stereocenters. The quantitative estimate of drug-likeness (QED) is 0.399. The lowest BCUT2D eigenvalue weighted by atomic mass is 9.88. The lowest BCUT2D eigenvalue weighted by Crippen LogP contribution is -2.34. The summed E-state index contributed by atoms with van der Waals surface area (Å²) in [6.45, 7) is 14.7. The first-order valence-corrected chi connectivity index (χ1v) is 15.3. The van der Waals surface area contributed by atoms with E-state index in [4.69, 9.17) is 4.52 Å². The normalized spacial score (nSPS) is 14.1. The van der Waals surface area contributed by atoms with Crippen LogP contribution < -0.4 is 5.32 Å². The van der Waals surface area contributed by atoms with Gasteiger partial charge in [-0.2, -0.15) is 0 Å². The number of hydrogen-bond acceptors (Lipinski definition) is 6. The second-order valence-electron chi connectivity index (χ2n) is 10.5. The van der Waals surface area contributed by atoms with Crippen molar-refractivity contribution < 1.29 is 17.7 Å². The van der Waals surface area contributed by atoms with E-state index in [1.807, 2.05) is 13.0 Å². The van der Waals surface area contributed by atoms with E-state index in [9.17, 15) is 13.2 Å². The van der Waals surface area contributed by atoms with Crippen molar-refractivity contribution in [3.8, 4) is 22.5 Å². The molecule has 0 saturated carbocycles. The maximum absolute atomic E-state index is 13.0. The molecule has 38 heavy (non-hydrogen) atoms. The molecule has 0 fully saturated rings. The molecule has 0 aliphatic carbocycles. The molecule has 8 heteroatoms. The Balaban J connectivity index is 1.75. The number of nitrogens with one attached hydrogen (secondary N) is 1. The van der Waals surface area contributed by atoms with E-state index in [0.717, 1.165) is 29.7 Å². The van der Waals surface area contributed by atoms with E-state index in [2.05, 4.69) is 67.3 Å². The van der Waals surface area contributed by atoms with E-state index < -0.39 is 9.84 Å². The molecule has 7 nitrogen and oxygen atoms in total. The molecular formula is C30H39N3O4S. The van der Waals surface area contributed by atoms with Gasteiger partial charge in [0.05, 0.1) is 11.3 Å². The summed E-state index contributed by atoms with van der Waals surface area (Å²) in [6.07, 6.45) is 0.813. The van der Waals surface area contributed by atoms with Crippen molar-refractivity contribution in [2.45, 2.75) is 60.4 Å². The van der Waals surface area contributed by atoms with Crippen molar-refractivity contribution in [1.82, 2.24) is 15.4 Å². The summed E-state index contributed by atoms with van der Waals surface area (Å²) in [5.74, 6) is 1.06. The minimum absolute atomic E-state index is 0.176. The summed E-state index contributed by atoms with van der Waals surface area (Å²) in [5, 5.41) is 7.12. The van der Waals surface area contributed by atoms with Crippen LogP contribution in [-0.2, 0) is 22.8 Å². The molecule has 0 saturated heterocycles. The number of rotatable bonds is 9. The number of nitrogens with zero attached hydrogens (tertiary/aromatic N) is 2. The maximum atomic E-state index is 13.0. The van der Waals surface area contributed by atoms with Crippen LogP contribution in [0, 0.1) is 13.8 Å². The molecule has 0 radical (unpaired) electrons. The van der Waals surface area contributed by atoms with E-state index >= 15 is 0 Å². The zero-order valence-corrected chi connectivity index (χ0v) is 24.2. The van der Waals surface area contributed by atoms with Gasteiger partial charge in [0.15, 0.2) is 21.3 Å². The molecule has 1 aromatic heterocycles. The van der Waals surface area contributed by atoms with E-state index in [0.29, 0.717) is 36.9 Å². The summed E-state index contributed by atoms with van der Waals surface area (Å²) in [7, 11) is -2.99. The average molecular weight is 538 g/mol. The van der Waals surface area contributed by atoms with Gasteiger partial charge in [-0.05, 0) is 72.6 Å². The van der Waals surface area contributed by atoms with Crippen molar-refractivity contribution in [1.29, 1.82) is 0 Å². The zero-order chi connectivity index (χ0) is 27.6. The van der Waals surface area contributed by atoms with E-state index in [-0.39, 0.29) is 23.1 Å². The smallest absolute Gasteiger partial charge is 0.274 e. The van der Waals surface area contributed by atoms with Crippen molar-refractivity contribution in [3.05, 3.63) is 63.8 Å². The van der Waals surface area contributed by atoms with Gasteiger partial charge in [0.2, 0.25) is 0 Å². The number of fused-ring (bicyclic) bond motifs is 1. The van der Waals surface area contributed by atoms with Gasteiger partial charge in [-0.25, -0.2) is 8.42 Å². The topological polar surface area (TPSA) is 92.5 Å². The summed E-state index contributed by atoms with van der Waals surface area (Å²) in [5.41, 5.74) is 8.76. The Kier molecular flexibility index (Phi) is 8.43. The Labute approximate surface area is 226 Å². The van der Waals surface area contributed by atoms with Crippen LogP contribution in [0.15, 0.2) is 34.9 Å². The minimum Gasteiger partial charge on any atom is -0.355 e. The second kappa shape index (κ2) is 11.4. The van der Waals surface area contributed by atoms with Crippen molar-refractivity contribution in [2.24, 2.45) is 0 Å². The fourth-order valence-corrected chi connectivity index (χ4v) is 6.07. The predicted molar refractivity (Wildman–Crippen MR) is 152 cm³/mol. The molecule has 0 spiro atoms. The summed E-state index contributed by atoms with van der Waals surface area (Å²) < 4.78 is 29.9. The van der Waals surface area contributed by atoms with Crippen LogP contribution in [0.25, 0.3) is 22.5 Å². The first-order chi connectivity index (χ1) is 18.0. The highest BCUT2D eigenvalue weighted by molar-refractivity contribution is 7.91. The lowest BCUT2D eigenvalue weighted by Gasteiger charge is -2.29. The van der Waals surface area contributed by atoms with Crippen molar-refractivity contribution >= 4 is 15.7 Å². The fourth-order valence-electron chi connectivity index (χ4n) is 5.25. The van der Waals surface area contributed by atoms with Crippen LogP contribution >= 0.6 is 0 Å². The van der Waals surface area contributed by atoms with Crippen LogP contribution in [0.2, 0.25) is 0 Å². The molecular weight excluding hydrogens is 498 g/mol. The third-order valence-corrected chi connectivity index (χ3v) is 9.15. The Hall–Kier alpha value is -2.97. The molecule has 4 rings (SSSR count). The zero-order valence-electron chi connectivity index (χ0n) is 23.3. The van der Waals surface area contributed by atoms with Gasteiger partial charge in [0.25, 0.3) is 5.91 Å². The minimum atomic E-state index is -2.99. The van der Waals surface area contributed by atoms with E-state index in [1.54, 1.807) is 6.92 Å². The van der Waals surface area contributed by atoms with Gasteiger partial charge >= 0.3 is 0 Å². The number of amides is 1. The Morgan fingerprint density at radius 2 is 1.87 bits per heavy atom. The van der Waals surface area contributed by atoms with Gasteiger partial charge < -0.3 is 9.84 Å². The van der Waals surface area contributed by atoms with Gasteiger partial charge in [0, 0.05) is 37.5 Å². The second-order valence-corrected chi connectivity index (χ2v) is 13.0. The Morgan fingerprint density at radius 1 is 1.11 bits per heavy atom. The van der Waals surface area contributed by atoms with Gasteiger partial charge in [-0.3, -0.25) is 9.69 Å². The molecule has 0 bridgehead atoms. The van der Waals surface area contributed by atoms with Crippen molar-refractivity contribution in [2.75, 3.05) is 31.1 Å². The van der Waals surface area contributed by atoms with Crippen LogP contribution in [0.4, 0.5) is 0 Å². The highest BCUT2D eigenvalue weighted by Gasteiger charge is 2.27. The van der Waals surface area contributed by atoms with Gasteiger partial charge in [0.1, 0.15) is 0 Å².